The molecule has 0 saturated carbocycles. The molecule has 1 atom stereocenters. The quantitative estimate of drug-likeness (QED) is 0.539. The van der Waals surface area contributed by atoms with Crippen molar-refractivity contribution in [2.75, 3.05) is 0 Å². The van der Waals surface area contributed by atoms with E-state index in [4.69, 9.17) is 0 Å². The van der Waals surface area contributed by atoms with E-state index >= 15 is 0 Å². The second-order valence-electron chi connectivity index (χ2n) is 3.61. The standard InChI is InChI=1S/C10H19O/c1-9(2)5-4-6-10(3)7-8-11/h8,10H,4-7H2,1-3H3. The van der Waals surface area contributed by atoms with Gasteiger partial charge in [-0.3, -0.25) is 0 Å². The van der Waals surface area contributed by atoms with Gasteiger partial charge in [-0.1, -0.05) is 33.6 Å². The van der Waals surface area contributed by atoms with E-state index in [9.17, 15) is 4.79 Å². The summed E-state index contributed by atoms with van der Waals surface area (Å²) in [5.41, 5.74) is 0. The minimum Gasteiger partial charge on any atom is -0.303 e. The molecule has 0 heterocycles. The Morgan fingerprint density at radius 2 is 2.09 bits per heavy atom. The third-order valence-electron chi connectivity index (χ3n) is 1.87. The smallest absolute Gasteiger partial charge is 0.120 e. The lowest BCUT2D eigenvalue weighted by molar-refractivity contribution is -0.108. The molecule has 0 aromatic carbocycles. The van der Waals surface area contributed by atoms with Crippen LogP contribution in [0.2, 0.25) is 0 Å². The lowest BCUT2D eigenvalue weighted by Crippen LogP contribution is -1.96. The molecule has 0 bridgehead atoms. The first-order valence-electron chi connectivity index (χ1n) is 4.39. The Bertz CT molecular complexity index is 97.0. The maximum absolute atomic E-state index is 10.1. The Kier molecular flexibility index (Phi) is 6.19. The first-order valence-corrected chi connectivity index (χ1v) is 4.39. The largest absolute Gasteiger partial charge is 0.303 e. The molecule has 1 unspecified atom stereocenters. The fraction of sp³-hybridized carbons (Fsp3) is 0.800. The van der Waals surface area contributed by atoms with Gasteiger partial charge in [-0.2, -0.15) is 0 Å². The second kappa shape index (κ2) is 6.38. The van der Waals surface area contributed by atoms with Crippen LogP contribution in [0.3, 0.4) is 0 Å². The van der Waals surface area contributed by atoms with E-state index < -0.39 is 0 Å². The molecule has 0 fully saturated rings. The van der Waals surface area contributed by atoms with Gasteiger partial charge in [0.15, 0.2) is 0 Å². The zero-order valence-corrected chi connectivity index (χ0v) is 7.89. The fourth-order valence-corrected chi connectivity index (χ4v) is 1.09. The van der Waals surface area contributed by atoms with Gasteiger partial charge in [-0.25, -0.2) is 0 Å². The van der Waals surface area contributed by atoms with Gasteiger partial charge in [0.25, 0.3) is 0 Å². The summed E-state index contributed by atoms with van der Waals surface area (Å²) in [6.45, 7) is 6.45. The molecular weight excluding hydrogens is 136 g/mol. The number of rotatable bonds is 6. The molecule has 1 nitrogen and oxygen atoms in total. The maximum Gasteiger partial charge on any atom is 0.120 e. The van der Waals surface area contributed by atoms with Gasteiger partial charge >= 0.3 is 0 Å². The van der Waals surface area contributed by atoms with Crippen LogP contribution in [0.15, 0.2) is 0 Å². The molecule has 1 heteroatoms. The average molecular weight is 155 g/mol. The third kappa shape index (κ3) is 7.57. The average Bonchev–Trinajstić information content (AvgIpc) is 1.87. The zero-order valence-electron chi connectivity index (χ0n) is 7.89. The molecule has 1 radical (unpaired) electrons. The van der Waals surface area contributed by atoms with Crippen molar-refractivity contribution in [1.29, 1.82) is 0 Å². The van der Waals surface area contributed by atoms with Crippen molar-refractivity contribution in [2.24, 2.45) is 5.92 Å². The number of aldehydes is 1. The number of hydrogen-bond donors (Lipinski definition) is 0. The highest BCUT2D eigenvalue weighted by atomic mass is 16.1. The lowest BCUT2D eigenvalue weighted by Gasteiger charge is -2.07. The van der Waals surface area contributed by atoms with Crippen LogP contribution in [-0.2, 0) is 4.79 Å². The molecule has 0 aromatic rings. The molecule has 0 aliphatic heterocycles. The van der Waals surface area contributed by atoms with Crippen molar-refractivity contribution in [2.45, 2.75) is 46.5 Å². The molecule has 11 heavy (non-hydrogen) atoms. The minimum absolute atomic E-state index is 0.576. The van der Waals surface area contributed by atoms with E-state index in [1.807, 2.05) is 0 Å². The summed E-state index contributed by atoms with van der Waals surface area (Å²) < 4.78 is 0. The van der Waals surface area contributed by atoms with Gasteiger partial charge in [0.05, 0.1) is 0 Å². The van der Waals surface area contributed by atoms with Gasteiger partial charge in [-0.15, -0.1) is 0 Å². The Morgan fingerprint density at radius 3 is 2.55 bits per heavy atom. The van der Waals surface area contributed by atoms with Crippen LogP contribution in [0.1, 0.15) is 46.5 Å². The Labute approximate surface area is 70.2 Å². The van der Waals surface area contributed by atoms with Crippen LogP contribution in [0, 0.1) is 11.8 Å². The molecule has 65 valence electrons. The third-order valence-corrected chi connectivity index (χ3v) is 1.87. The minimum atomic E-state index is 0.576. The van der Waals surface area contributed by atoms with Crippen molar-refractivity contribution in [3.05, 3.63) is 5.92 Å². The zero-order chi connectivity index (χ0) is 8.69. The number of carbonyl (C=O) groups excluding carboxylic acids is 1. The van der Waals surface area contributed by atoms with E-state index in [2.05, 4.69) is 20.8 Å². The van der Waals surface area contributed by atoms with E-state index in [-0.39, 0.29) is 0 Å². The van der Waals surface area contributed by atoms with Crippen LogP contribution >= 0.6 is 0 Å². The molecular formula is C10H19O. The highest BCUT2D eigenvalue weighted by Gasteiger charge is 2.01. The maximum atomic E-state index is 10.1. The van der Waals surface area contributed by atoms with Crippen LogP contribution in [0.25, 0.3) is 0 Å². The second-order valence-corrected chi connectivity index (χ2v) is 3.61. The molecule has 0 aliphatic carbocycles. The van der Waals surface area contributed by atoms with Crippen molar-refractivity contribution < 1.29 is 4.79 Å². The predicted octanol–water partition coefficient (Wildman–Crippen LogP) is 3.00. The topological polar surface area (TPSA) is 17.1 Å². The summed E-state index contributed by atoms with van der Waals surface area (Å²) in [6.07, 6.45) is 5.38. The first-order chi connectivity index (χ1) is 5.16. The van der Waals surface area contributed by atoms with Crippen LogP contribution < -0.4 is 0 Å². The fourth-order valence-electron chi connectivity index (χ4n) is 1.09. The SMILES string of the molecule is C[C](C)CCCC(C)CC=O. The monoisotopic (exact) mass is 155 g/mol. The normalized spacial score (nSPS) is 13.5. The van der Waals surface area contributed by atoms with Crippen molar-refractivity contribution in [3.63, 3.8) is 0 Å². The van der Waals surface area contributed by atoms with E-state index in [1.54, 1.807) is 0 Å². The van der Waals surface area contributed by atoms with E-state index in [1.165, 1.54) is 25.2 Å². The van der Waals surface area contributed by atoms with Gasteiger partial charge in [0.2, 0.25) is 0 Å². The summed E-state index contributed by atoms with van der Waals surface area (Å²) in [7, 11) is 0. The molecule has 0 aliphatic rings. The summed E-state index contributed by atoms with van der Waals surface area (Å²) >= 11 is 0. The van der Waals surface area contributed by atoms with E-state index in [0.29, 0.717) is 5.92 Å². The Balaban J connectivity index is 3.16. The van der Waals surface area contributed by atoms with Gasteiger partial charge in [0, 0.05) is 6.42 Å². The van der Waals surface area contributed by atoms with Gasteiger partial charge in [0.1, 0.15) is 6.29 Å². The number of hydrogen-bond acceptors (Lipinski definition) is 1. The van der Waals surface area contributed by atoms with E-state index in [0.717, 1.165) is 12.7 Å². The Hall–Kier alpha value is -0.330. The van der Waals surface area contributed by atoms with Crippen molar-refractivity contribution in [3.8, 4) is 0 Å². The molecule has 0 rings (SSSR count). The number of carbonyl (C=O) groups is 1. The highest BCUT2D eigenvalue weighted by molar-refractivity contribution is 5.49. The summed E-state index contributed by atoms with van der Waals surface area (Å²) in [4.78, 5) is 10.1. The molecule has 0 saturated heterocycles. The highest BCUT2D eigenvalue weighted by Crippen LogP contribution is 2.14. The molecule has 0 aromatic heterocycles. The van der Waals surface area contributed by atoms with Crippen molar-refractivity contribution in [1.82, 2.24) is 0 Å². The van der Waals surface area contributed by atoms with Crippen molar-refractivity contribution >= 4 is 6.29 Å². The van der Waals surface area contributed by atoms with Crippen LogP contribution in [0.4, 0.5) is 0 Å². The summed E-state index contributed by atoms with van der Waals surface area (Å²) in [5.74, 6) is 2.06. The molecule has 0 spiro atoms. The molecule has 0 N–H and O–H groups in total. The first kappa shape index (κ1) is 10.7. The van der Waals surface area contributed by atoms with Crippen LogP contribution in [-0.4, -0.2) is 6.29 Å². The Morgan fingerprint density at radius 1 is 1.45 bits per heavy atom. The summed E-state index contributed by atoms with van der Waals surface area (Å²) in [5, 5.41) is 0. The summed E-state index contributed by atoms with van der Waals surface area (Å²) in [6, 6.07) is 0. The van der Waals surface area contributed by atoms with Gasteiger partial charge in [-0.05, 0) is 18.3 Å². The lowest BCUT2D eigenvalue weighted by atomic mass is 9.98. The molecule has 0 amide bonds. The van der Waals surface area contributed by atoms with Gasteiger partial charge < -0.3 is 4.79 Å². The predicted molar refractivity (Wildman–Crippen MR) is 48.3 cm³/mol. The van der Waals surface area contributed by atoms with Crippen LogP contribution in [0.5, 0.6) is 0 Å².